The van der Waals surface area contributed by atoms with E-state index in [1.54, 1.807) is 6.08 Å². The predicted molar refractivity (Wildman–Crippen MR) is 235 cm³/mol. The number of benzene rings is 1. The standard InChI is InChI=1S/C47H64N6O8S/c1-2-32-28-47(32,45(56)51-62(58)34-21-22-34)50-42(54)38-27-33-29-53(38)44(55)40(31-14-6-7-15-31)49-46(57)61-39-20-12-16-30(39)13-4-3-5-18-36-41(59-26-25-52-23-10-11-24-52)35-17-8-9-19-37(35)48-43(36)60-33/h2,8-9,17,19,30-34,38-40H,1,3-7,10-16,18,20-29H2,(H,49,57)(H,50,54)(H,51,56)/t30-,32-,33-,38+,39-,40+,47-,62?/m1/s1. The van der Waals surface area contributed by atoms with Gasteiger partial charge in [-0.3, -0.25) is 19.3 Å². The molecule has 4 amide bonds. The number of hydrogen-bond acceptors (Lipinski definition) is 10. The van der Waals surface area contributed by atoms with Crippen LogP contribution in [-0.2, 0) is 36.9 Å². The van der Waals surface area contributed by atoms with Gasteiger partial charge in [0.15, 0.2) is 0 Å². The molecule has 3 aliphatic heterocycles. The number of pyridine rings is 1. The molecule has 62 heavy (non-hydrogen) atoms. The Morgan fingerprint density at radius 2 is 1.73 bits per heavy atom. The van der Waals surface area contributed by atoms with E-state index in [-0.39, 0.29) is 48.0 Å². The van der Waals surface area contributed by atoms with Crippen LogP contribution in [0.4, 0.5) is 4.79 Å². The van der Waals surface area contributed by atoms with Crippen molar-refractivity contribution in [1.82, 2.24) is 30.1 Å². The summed E-state index contributed by atoms with van der Waals surface area (Å²) in [5.74, 6) is -0.407. The SMILES string of the molecule is C=C[C@@H]1C[C@]1(NC(=O)[C@@H]1C[C@@H]2CN1C(=O)[C@H](C1CCCC1)NC(=O)O[C@@H]1CCC[C@H]1CCCCCc1c(nc3ccccc3c1OCCN1CCCC1)O2)C(=O)N[S+]([O-])C1CC1. The molecule has 1 unspecified atom stereocenters. The highest BCUT2D eigenvalue weighted by atomic mass is 32.2. The molecule has 4 saturated carbocycles. The van der Waals surface area contributed by atoms with Crippen LogP contribution >= 0.6 is 0 Å². The maximum absolute atomic E-state index is 15.1. The zero-order valence-corrected chi connectivity index (χ0v) is 36.8. The first-order chi connectivity index (χ1) is 30.2. The third-order valence-corrected chi connectivity index (χ3v) is 16.2. The second-order valence-electron chi connectivity index (χ2n) is 19.0. The number of amides is 4. The van der Waals surface area contributed by atoms with Crippen LogP contribution in [0.5, 0.6) is 11.6 Å². The number of likely N-dealkylation sites (tertiary alicyclic amines) is 1. The van der Waals surface area contributed by atoms with Gasteiger partial charge in [-0.15, -0.1) is 6.58 Å². The van der Waals surface area contributed by atoms with Crippen molar-refractivity contribution in [1.29, 1.82) is 0 Å². The molecule has 1 aromatic carbocycles. The molecule has 336 valence electrons. The fourth-order valence-electron chi connectivity index (χ4n) is 10.9. The third-order valence-electron chi connectivity index (χ3n) is 14.7. The van der Waals surface area contributed by atoms with Gasteiger partial charge >= 0.3 is 6.09 Å². The summed E-state index contributed by atoms with van der Waals surface area (Å²) in [5.41, 5.74) is 0.297. The van der Waals surface area contributed by atoms with Gasteiger partial charge in [0.05, 0.1) is 29.0 Å². The number of ether oxygens (including phenoxy) is 3. The van der Waals surface area contributed by atoms with E-state index < -0.39 is 53.0 Å². The van der Waals surface area contributed by atoms with Crippen molar-refractivity contribution < 1.29 is 37.9 Å². The minimum Gasteiger partial charge on any atom is -0.593 e. The monoisotopic (exact) mass is 872 g/mol. The summed E-state index contributed by atoms with van der Waals surface area (Å²) in [4.78, 5) is 66.4. The van der Waals surface area contributed by atoms with Gasteiger partial charge in [0.2, 0.25) is 17.7 Å². The maximum atomic E-state index is 15.1. The molecule has 4 heterocycles. The van der Waals surface area contributed by atoms with Crippen LogP contribution in [0, 0.1) is 17.8 Å². The molecule has 0 spiro atoms. The van der Waals surface area contributed by atoms with E-state index in [0.717, 1.165) is 125 Å². The minimum atomic E-state index is -1.55. The van der Waals surface area contributed by atoms with E-state index in [0.29, 0.717) is 25.3 Å². The lowest BCUT2D eigenvalue weighted by Gasteiger charge is -2.32. The first kappa shape index (κ1) is 43.2. The molecule has 1 aromatic heterocycles. The van der Waals surface area contributed by atoms with Gasteiger partial charge < -0.3 is 34.3 Å². The van der Waals surface area contributed by atoms with Crippen molar-refractivity contribution in [2.24, 2.45) is 17.8 Å². The normalized spacial score (nSPS) is 31.5. The van der Waals surface area contributed by atoms with Crippen molar-refractivity contribution in [3.63, 3.8) is 0 Å². The molecule has 3 N–H and O–H groups in total. The summed E-state index contributed by atoms with van der Waals surface area (Å²) in [6, 6.07) is 6.03. The van der Waals surface area contributed by atoms with Crippen LogP contribution in [0.3, 0.4) is 0 Å². The number of rotatable bonds is 11. The van der Waals surface area contributed by atoms with Gasteiger partial charge in [0.1, 0.15) is 47.4 Å². The Hall–Kier alpha value is -4.08. The molecular weight excluding hydrogens is 809 g/mol. The second kappa shape index (κ2) is 18.9. The smallest absolute Gasteiger partial charge is 0.408 e. The molecule has 2 bridgehead atoms. The van der Waals surface area contributed by atoms with E-state index in [1.165, 1.54) is 17.7 Å². The van der Waals surface area contributed by atoms with Crippen LogP contribution in [0.25, 0.3) is 10.9 Å². The molecule has 8 atom stereocenters. The van der Waals surface area contributed by atoms with Crippen molar-refractivity contribution in [3.05, 3.63) is 42.5 Å². The Balaban J connectivity index is 1.05. The summed E-state index contributed by atoms with van der Waals surface area (Å²) < 4.78 is 35.3. The van der Waals surface area contributed by atoms with Crippen LogP contribution < -0.4 is 24.8 Å². The van der Waals surface area contributed by atoms with Gasteiger partial charge in [-0.2, -0.15) is 4.72 Å². The molecule has 2 aromatic rings. The van der Waals surface area contributed by atoms with Crippen molar-refractivity contribution in [2.75, 3.05) is 32.8 Å². The van der Waals surface area contributed by atoms with Gasteiger partial charge in [0, 0.05) is 37.1 Å². The Bertz CT molecular complexity index is 1990. The van der Waals surface area contributed by atoms with E-state index in [1.807, 2.05) is 24.3 Å². The third kappa shape index (κ3) is 9.40. The lowest BCUT2D eigenvalue weighted by atomic mass is 9.96. The quantitative estimate of drug-likeness (QED) is 0.190. The van der Waals surface area contributed by atoms with Crippen LogP contribution in [0.1, 0.15) is 115 Å². The van der Waals surface area contributed by atoms with Gasteiger partial charge in [-0.25, -0.2) is 9.78 Å². The van der Waals surface area contributed by atoms with E-state index in [9.17, 15) is 18.9 Å². The Kier molecular flexibility index (Phi) is 13.2. The number of para-hydroxylation sites is 1. The van der Waals surface area contributed by atoms with E-state index in [2.05, 4.69) is 26.8 Å². The fourth-order valence-corrected chi connectivity index (χ4v) is 12.0. The largest absolute Gasteiger partial charge is 0.593 e. The first-order valence-electron chi connectivity index (χ1n) is 23.6. The highest BCUT2D eigenvalue weighted by Gasteiger charge is 2.62. The van der Waals surface area contributed by atoms with Crippen LogP contribution in [0.15, 0.2) is 36.9 Å². The Morgan fingerprint density at radius 3 is 2.50 bits per heavy atom. The Labute approximate surface area is 368 Å². The van der Waals surface area contributed by atoms with E-state index in [4.69, 9.17) is 19.2 Å². The van der Waals surface area contributed by atoms with Crippen LogP contribution in [-0.4, -0.2) is 111 Å². The highest BCUT2D eigenvalue weighted by Crippen LogP contribution is 2.46. The number of carbonyl (C=O) groups excluding carboxylic acids is 4. The molecule has 2 saturated heterocycles. The minimum absolute atomic E-state index is 0.0659. The molecule has 0 radical (unpaired) electrons. The first-order valence-corrected chi connectivity index (χ1v) is 24.8. The van der Waals surface area contributed by atoms with Crippen molar-refractivity contribution in [3.8, 4) is 11.6 Å². The molecule has 7 aliphatic rings. The second-order valence-corrected chi connectivity index (χ2v) is 20.4. The highest BCUT2D eigenvalue weighted by molar-refractivity contribution is 7.90. The molecule has 6 fully saturated rings. The zero-order valence-electron chi connectivity index (χ0n) is 36.0. The van der Waals surface area contributed by atoms with Gasteiger partial charge in [-0.1, -0.05) is 43.9 Å². The van der Waals surface area contributed by atoms with Gasteiger partial charge in [-0.05, 0) is 108 Å². The number of hydrogen-bond donors (Lipinski definition) is 3. The zero-order chi connectivity index (χ0) is 42.8. The summed E-state index contributed by atoms with van der Waals surface area (Å²) in [7, 11) is 0. The predicted octanol–water partition coefficient (Wildman–Crippen LogP) is 5.63. The summed E-state index contributed by atoms with van der Waals surface area (Å²) in [6.07, 6.45) is 15.3. The van der Waals surface area contributed by atoms with E-state index >= 15 is 4.79 Å². The summed E-state index contributed by atoms with van der Waals surface area (Å²) >= 11 is -1.55. The number of alkyl carbamates (subject to hydrolysis) is 1. The number of aromatic nitrogens is 1. The average molecular weight is 873 g/mol. The number of nitrogens with one attached hydrogen (secondary N) is 3. The van der Waals surface area contributed by atoms with Crippen molar-refractivity contribution in [2.45, 2.75) is 151 Å². The summed E-state index contributed by atoms with van der Waals surface area (Å²) in [6.45, 7) is 7.48. The lowest BCUT2D eigenvalue weighted by molar-refractivity contribution is -0.142. The topological polar surface area (TPSA) is 174 Å². The van der Waals surface area contributed by atoms with Crippen molar-refractivity contribution >= 4 is 46.1 Å². The average Bonchev–Trinajstić information content (AvgIpc) is 3.83. The lowest BCUT2D eigenvalue weighted by Crippen LogP contribution is -2.59. The molecule has 15 heteroatoms. The summed E-state index contributed by atoms with van der Waals surface area (Å²) in [5, 5.41) is 6.87. The number of fused-ring (bicyclic) bond motifs is 5. The van der Waals surface area contributed by atoms with Gasteiger partial charge in [0.25, 0.3) is 5.91 Å². The molecule has 9 rings (SSSR count). The molecule has 14 nitrogen and oxygen atoms in total. The fraction of sp³-hybridized carbons (Fsp3) is 0.681. The molecular formula is C47H64N6O8S. The van der Waals surface area contributed by atoms with Crippen LogP contribution in [0.2, 0.25) is 0 Å². The maximum Gasteiger partial charge on any atom is 0.408 e. The number of nitrogens with zero attached hydrogens (tertiary/aromatic N) is 3. The molecule has 4 aliphatic carbocycles. The Morgan fingerprint density at radius 1 is 0.968 bits per heavy atom. The number of carbonyl (C=O) groups is 4.